The number of benzene rings is 1. The fourth-order valence-corrected chi connectivity index (χ4v) is 2.76. The van der Waals surface area contributed by atoms with Gasteiger partial charge in [0, 0.05) is 35.9 Å². The van der Waals surface area contributed by atoms with Crippen molar-refractivity contribution < 1.29 is 4.39 Å². The molecule has 0 bridgehead atoms. The van der Waals surface area contributed by atoms with E-state index in [9.17, 15) is 4.39 Å². The van der Waals surface area contributed by atoms with E-state index < -0.39 is 0 Å². The molecule has 20 heavy (non-hydrogen) atoms. The highest BCUT2D eigenvalue weighted by Gasteiger charge is 2.20. The van der Waals surface area contributed by atoms with Crippen molar-refractivity contribution in [1.82, 2.24) is 9.88 Å². The molecule has 0 amide bonds. The number of piperazine rings is 1. The summed E-state index contributed by atoms with van der Waals surface area (Å²) in [6.07, 6.45) is 0. The van der Waals surface area contributed by atoms with Crippen molar-refractivity contribution in [1.29, 1.82) is 0 Å². The molecule has 0 N–H and O–H groups in total. The molecule has 3 nitrogen and oxygen atoms in total. The maximum atomic E-state index is 13.9. The van der Waals surface area contributed by atoms with Crippen molar-refractivity contribution in [3.05, 3.63) is 42.8 Å². The summed E-state index contributed by atoms with van der Waals surface area (Å²) in [7, 11) is 4.02. The van der Waals surface area contributed by atoms with E-state index >= 15 is 0 Å². The Balaban J connectivity index is 2.06. The zero-order valence-electron chi connectivity index (χ0n) is 11.9. The van der Waals surface area contributed by atoms with Crippen LogP contribution in [0.3, 0.4) is 0 Å². The van der Waals surface area contributed by atoms with Crippen molar-refractivity contribution >= 4 is 16.6 Å². The third kappa shape index (κ3) is 2.36. The van der Waals surface area contributed by atoms with Crippen LogP contribution in [0.2, 0.25) is 0 Å². The molecule has 1 aromatic heterocycles. The second kappa shape index (κ2) is 5.02. The van der Waals surface area contributed by atoms with Gasteiger partial charge in [0.05, 0.1) is 5.52 Å². The van der Waals surface area contributed by atoms with Gasteiger partial charge in [-0.3, -0.25) is 12.0 Å². The summed E-state index contributed by atoms with van der Waals surface area (Å²) >= 11 is 0. The molecule has 4 heteroatoms. The maximum Gasteiger partial charge on any atom is 0.127 e. The molecule has 1 aromatic carbocycles. The number of hydrogen-bond donors (Lipinski definition) is 0. The van der Waals surface area contributed by atoms with Gasteiger partial charge in [-0.1, -0.05) is 6.92 Å². The maximum absolute atomic E-state index is 13.9. The van der Waals surface area contributed by atoms with Gasteiger partial charge in [0.1, 0.15) is 5.82 Å². The third-order valence-electron chi connectivity index (χ3n) is 3.99. The number of nitrogens with zero attached hydrogens (tertiary/aromatic N) is 3. The number of aryl methyl sites for hydroxylation is 1. The Morgan fingerprint density at radius 2 is 2.10 bits per heavy atom. The van der Waals surface area contributed by atoms with Crippen molar-refractivity contribution in [3.63, 3.8) is 0 Å². The summed E-state index contributed by atoms with van der Waals surface area (Å²) in [4.78, 5) is 8.75. The lowest BCUT2D eigenvalue weighted by molar-refractivity contribution is 0.261. The van der Waals surface area contributed by atoms with Crippen LogP contribution in [-0.2, 0) is 0 Å². The minimum Gasteiger partial charge on any atom is -0.454 e. The standard InChI is InChI=1S/C16H19FN3/c1-11-4-5-14-15(18-11)8-13(17)9-16(14)20-7-6-19(3)12(2)10-20/h4-5,8-9,12H,3,6-7,10H2,1-2H3/q-1. The average molecular weight is 272 g/mol. The second-order valence-corrected chi connectivity index (χ2v) is 5.55. The van der Waals surface area contributed by atoms with Crippen LogP contribution in [0.4, 0.5) is 10.1 Å². The number of rotatable bonds is 1. The van der Waals surface area contributed by atoms with E-state index in [1.807, 2.05) is 19.1 Å². The van der Waals surface area contributed by atoms with E-state index in [1.165, 1.54) is 6.07 Å². The molecule has 0 aliphatic carbocycles. The van der Waals surface area contributed by atoms with Crippen LogP contribution in [0, 0.1) is 19.8 Å². The number of pyridine rings is 1. The smallest absolute Gasteiger partial charge is 0.127 e. The van der Waals surface area contributed by atoms with Gasteiger partial charge in [0.2, 0.25) is 0 Å². The Labute approximate surface area is 119 Å². The molecule has 1 aliphatic heterocycles. The molecule has 1 saturated heterocycles. The molecule has 1 atom stereocenters. The minimum atomic E-state index is -0.227. The van der Waals surface area contributed by atoms with Gasteiger partial charge in [0.15, 0.2) is 0 Å². The van der Waals surface area contributed by atoms with Crippen LogP contribution in [0.1, 0.15) is 12.6 Å². The first-order chi connectivity index (χ1) is 9.54. The minimum absolute atomic E-state index is 0.227. The van der Waals surface area contributed by atoms with Crippen molar-refractivity contribution in [3.8, 4) is 0 Å². The zero-order chi connectivity index (χ0) is 14.3. The first kappa shape index (κ1) is 13.3. The molecule has 1 fully saturated rings. The van der Waals surface area contributed by atoms with E-state index in [2.05, 4.69) is 28.8 Å². The van der Waals surface area contributed by atoms with Crippen molar-refractivity contribution in [2.24, 2.45) is 0 Å². The molecule has 2 heterocycles. The number of hydrogen-bond acceptors (Lipinski definition) is 3. The van der Waals surface area contributed by atoms with E-state index in [0.29, 0.717) is 6.04 Å². The molecule has 3 rings (SSSR count). The molecular formula is C16H19FN3-. The number of aromatic nitrogens is 1. The molecule has 106 valence electrons. The Morgan fingerprint density at radius 1 is 1.30 bits per heavy atom. The summed E-state index contributed by atoms with van der Waals surface area (Å²) in [6.45, 7) is 6.67. The number of halogens is 1. The van der Waals surface area contributed by atoms with Crippen molar-refractivity contribution in [2.75, 3.05) is 24.5 Å². The summed E-state index contributed by atoms with van der Waals surface area (Å²) in [5.74, 6) is -0.227. The average Bonchev–Trinajstić information content (AvgIpc) is 2.40. The monoisotopic (exact) mass is 272 g/mol. The molecule has 0 saturated carbocycles. The SMILES string of the molecule is [CH2-]N1CCN(c2cc(F)cc3nc(C)ccc23)CC1C. The van der Waals surface area contributed by atoms with Gasteiger partial charge in [-0.2, -0.15) is 0 Å². The van der Waals surface area contributed by atoms with E-state index in [1.54, 1.807) is 6.07 Å². The van der Waals surface area contributed by atoms with Gasteiger partial charge in [-0.05, 0) is 37.7 Å². The predicted molar refractivity (Wildman–Crippen MR) is 80.2 cm³/mol. The lowest BCUT2D eigenvalue weighted by atomic mass is 10.1. The number of fused-ring (bicyclic) bond motifs is 1. The Morgan fingerprint density at radius 3 is 2.85 bits per heavy atom. The van der Waals surface area contributed by atoms with Crippen molar-refractivity contribution in [2.45, 2.75) is 19.9 Å². The lowest BCUT2D eigenvalue weighted by Gasteiger charge is -2.44. The molecule has 0 spiro atoms. The first-order valence-corrected chi connectivity index (χ1v) is 6.93. The summed E-state index contributed by atoms with van der Waals surface area (Å²) in [5, 5.41) is 1.02. The van der Waals surface area contributed by atoms with Gasteiger partial charge in [0.25, 0.3) is 0 Å². The van der Waals surface area contributed by atoms with Crippen LogP contribution in [0.15, 0.2) is 24.3 Å². The zero-order valence-corrected chi connectivity index (χ0v) is 11.9. The topological polar surface area (TPSA) is 19.4 Å². The first-order valence-electron chi connectivity index (χ1n) is 6.93. The summed E-state index contributed by atoms with van der Waals surface area (Å²) < 4.78 is 13.9. The van der Waals surface area contributed by atoms with Gasteiger partial charge < -0.3 is 9.80 Å². The summed E-state index contributed by atoms with van der Waals surface area (Å²) in [5.41, 5.74) is 2.57. The van der Waals surface area contributed by atoms with Gasteiger partial charge in [-0.15, -0.1) is 0 Å². The van der Waals surface area contributed by atoms with Crippen LogP contribution >= 0.6 is 0 Å². The highest BCUT2D eigenvalue weighted by atomic mass is 19.1. The lowest BCUT2D eigenvalue weighted by Crippen LogP contribution is -2.49. The normalized spacial score (nSPS) is 20.6. The second-order valence-electron chi connectivity index (χ2n) is 5.55. The van der Waals surface area contributed by atoms with E-state index in [4.69, 9.17) is 0 Å². The van der Waals surface area contributed by atoms with Gasteiger partial charge in [-0.25, -0.2) is 4.39 Å². The Kier molecular flexibility index (Phi) is 3.34. The molecule has 0 radical (unpaired) electrons. The Bertz CT molecular complexity index is 636. The van der Waals surface area contributed by atoms with Crippen LogP contribution in [-0.4, -0.2) is 35.6 Å². The van der Waals surface area contributed by atoms with E-state index in [0.717, 1.165) is 41.9 Å². The fourth-order valence-electron chi connectivity index (χ4n) is 2.76. The largest absolute Gasteiger partial charge is 0.454 e. The highest BCUT2D eigenvalue weighted by molar-refractivity contribution is 5.92. The van der Waals surface area contributed by atoms with Crippen LogP contribution in [0.5, 0.6) is 0 Å². The highest BCUT2D eigenvalue weighted by Crippen LogP contribution is 2.29. The summed E-state index contributed by atoms with van der Waals surface area (Å²) in [6, 6.07) is 7.50. The molecular weight excluding hydrogens is 253 g/mol. The van der Waals surface area contributed by atoms with Crippen LogP contribution in [0.25, 0.3) is 10.9 Å². The molecule has 1 unspecified atom stereocenters. The quantitative estimate of drug-likeness (QED) is 0.744. The van der Waals surface area contributed by atoms with E-state index in [-0.39, 0.29) is 5.82 Å². The Hall–Kier alpha value is -1.68. The van der Waals surface area contributed by atoms with Gasteiger partial charge >= 0.3 is 0 Å². The fraction of sp³-hybridized carbons (Fsp3) is 0.375. The molecule has 2 aromatic rings. The predicted octanol–water partition coefficient (Wildman–Crippen LogP) is 2.98. The van der Waals surface area contributed by atoms with Crippen LogP contribution < -0.4 is 4.90 Å². The number of anilines is 1. The molecule has 1 aliphatic rings. The third-order valence-corrected chi connectivity index (χ3v) is 3.99.